The quantitative estimate of drug-likeness (QED) is 0.537. The Morgan fingerprint density at radius 2 is 1.83 bits per heavy atom. The number of aromatic nitrogens is 1. The normalized spacial score (nSPS) is 14.6. The Kier molecular flexibility index (Phi) is 6.11. The molecule has 0 bridgehead atoms. The van der Waals surface area contributed by atoms with Gasteiger partial charge in [-0.25, -0.2) is 9.78 Å². The maximum atomic E-state index is 12.9. The van der Waals surface area contributed by atoms with Gasteiger partial charge in [0.25, 0.3) is 5.91 Å². The summed E-state index contributed by atoms with van der Waals surface area (Å²) < 4.78 is 6.06. The van der Waals surface area contributed by atoms with Crippen LogP contribution < -0.4 is 0 Å². The highest BCUT2D eigenvalue weighted by molar-refractivity contribution is 7.19. The number of ether oxygens (including phenoxy) is 1. The van der Waals surface area contributed by atoms with Crippen molar-refractivity contribution in [2.75, 3.05) is 19.7 Å². The van der Waals surface area contributed by atoms with Gasteiger partial charge in [-0.2, -0.15) is 0 Å². The maximum absolute atomic E-state index is 12.9. The lowest BCUT2D eigenvalue weighted by molar-refractivity contribution is -0.134. The van der Waals surface area contributed by atoms with E-state index in [1.807, 2.05) is 30.3 Å². The smallest absolute Gasteiger partial charge is 0.339 e. The van der Waals surface area contributed by atoms with Crippen molar-refractivity contribution in [3.63, 3.8) is 0 Å². The Morgan fingerprint density at radius 3 is 2.55 bits per heavy atom. The topological polar surface area (TPSA) is 59.5 Å². The zero-order chi connectivity index (χ0) is 20.2. The number of carbonyl (C=O) groups is 2. The largest absolute Gasteiger partial charge is 0.452 e. The Balaban J connectivity index is 1.57. The maximum Gasteiger partial charge on any atom is 0.339 e. The lowest BCUT2D eigenvalue weighted by Gasteiger charge is -2.20. The highest BCUT2D eigenvalue weighted by Crippen LogP contribution is 2.32. The lowest BCUT2D eigenvalue weighted by Crippen LogP contribution is -2.35. The summed E-state index contributed by atoms with van der Waals surface area (Å²) in [6, 6.07) is 12.8. The molecule has 0 atom stereocenters. The number of hydrogen-bond donors (Lipinski definition) is 0. The molecule has 29 heavy (non-hydrogen) atoms. The predicted octanol–water partition coefficient (Wildman–Crippen LogP) is 5.18. The van der Waals surface area contributed by atoms with Crippen LogP contribution in [-0.2, 0) is 9.53 Å². The number of thiophene rings is 1. The molecule has 1 saturated heterocycles. The molecular formula is C22H21ClN2O3S. The van der Waals surface area contributed by atoms with Crippen LogP contribution in [0.2, 0.25) is 4.34 Å². The van der Waals surface area contributed by atoms with Crippen molar-refractivity contribution in [1.29, 1.82) is 0 Å². The minimum Gasteiger partial charge on any atom is -0.452 e. The molecule has 0 unspecified atom stereocenters. The van der Waals surface area contributed by atoms with Crippen LogP contribution >= 0.6 is 22.9 Å². The fourth-order valence-electron chi connectivity index (χ4n) is 3.54. The van der Waals surface area contributed by atoms with Crippen molar-refractivity contribution in [3.05, 3.63) is 52.4 Å². The number of benzene rings is 1. The van der Waals surface area contributed by atoms with Gasteiger partial charge in [0.05, 0.1) is 26.0 Å². The van der Waals surface area contributed by atoms with Crippen LogP contribution in [0.15, 0.2) is 42.5 Å². The van der Waals surface area contributed by atoms with E-state index in [0.29, 0.717) is 26.5 Å². The Hall–Kier alpha value is -2.44. The third-order valence-electron chi connectivity index (χ3n) is 5.05. The zero-order valence-corrected chi connectivity index (χ0v) is 17.5. The fourth-order valence-corrected chi connectivity index (χ4v) is 4.54. The number of rotatable bonds is 4. The summed E-state index contributed by atoms with van der Waals surface area (Å²) in [7, 11) is 0. The van der Waals surface area contributed by atoms with E-state index in [0.717, 1.165) is 43.6 Å². The van der Waals surface area contributed by atoms with Crippen molar-refractivity contribution in [2.24, 2.45) is 0 Å². The van der Waals surface area contributed by atoms with E-state index in [2.05, 4.69) is 4.98 Å². The van der Waals surface area contributed by atoms with E-state index >= 15 is 0 Å². The van der Waals surface area contributed by atoms with Gasteiger partial charge in [-0.15, -0.1) is 11.3 Å². The Bertz CT molecular complexity index is 1040. The Labute approximate surface area is 178 Å². The summed E-state index contributed by atoms with van der Waals surface area (Å²) >= 11 is 7.46. The molecule has 1 fully saturated rings. The van der Waals surface area contributed by atoms with Crippen molar-refractivity contribution in [2.45, 2.75) is 25.7 Å². The van der Waals surface area contributed by atoms with Gasteiger partial charge in [-0.3, -0.25) is 4.79 Å². The van der Waals surface area contributed by atoms with E-state index in [1.54, 1.807) is 17.0 Å². The van der Waals surface area contributed by atoms with Crippen LogP contribution in [0.1, 0.15) is 36.0 Å². The van der Waals surface area contributed by atoms with Crippen molar-refractivity contribution < 1.29 is 14.3 Å². The molecule has 4 rings (SSSR count). The van der Waals surface area contributed by atoms with Crippen LogP contribution in [0.5, 0.6) is 0 Å². The summed E-state index contributed by atoms with van der Waals surface area (Å²) in [6.07, 6.45) is 4.28. The van der Waals surface area contributed by atoms with Gasteiger partial charge in [-0.05, 0) is 37.1 Å². The molecule has 3 aromatic rings. The minimum absolute atomic E-state index is 0.135. The third-order valence-corrected chi connectivity index (χ3v) is 6.30. The molecule has 1 aliphatic rings. The average molecular weight is 429 g/mol. The number of pyridine rings is 1. The van der Waals surface area contributed by atoms with Gasteiger partial charge < -0.3 is 9.64 Å². The number of para-hydroxylation sites is 1. The molecule has 7 heteroatoms. The monoisotopic (exact) mass is 428 g/mol. The molecule has 5 nitrogen and oxygen atoms in total. The average Bonchev–Trinajstić information content (AvgIpc) is 3.00. The van der Waals surface area contributed by atoms with Crippen LogP contribution in [0.25, 0.3) is 21.5 Å². The summed E-state index contributed by atoms with van der Waals surface area (Å²) in [4.78, 5) is 32.6. The second-order valence-corrected chi connectivity index (χ2v) is 8.76. The number of amides is 1. The molecule has 1 aliphatic heterocycles. The first-order chi connectivity index (χ1) is 14.1. The second kappa shape index (κ2) is 8.93. The number of esters is 1. The van der Waals surface area contributed by atoms with Crippen molar-refractivity contribution in [3.8, 4) is 10.6 Å². The number of fused-ring (bicyclic) bond motifs is 1. The van der Waals surface area contributed by atoms with E-state index in [9.17, 15) is 9.59 Å². The zero-order valence-electron chi connectivity index (χ0n) is 15.9. The molecule has 3 heterocycles. The summed E-state index contributed by atoms with van der Waals surface area (Å²) in [5.41, 5.74) is 1.76. The van der Waals surface area contributed by atoms with Gasteiger partial charge in [0.15, 0.2) is 6.61 Å². The molecule has 0 aliphatic carbocycles. The highest BCUT2D eigenvalue weighted by atomic mass is 35.5. The molecule has 0 spiro atoms. The molecular weight excluding hydrogens is 408 g/mol. The number of likely N-dealkylation sites (tertiary alicyclic amines) is 1. The lowest BCUT2D eigenvalue weighted by atomic mass is 10.1. The first kappa shape index (κ1) is 19.9. The van der Waals surface area contributed by atoms with E-state index < -0.39 is 5.97 Å². The van der Waals surface area contributed by atoms with E-state index in [-0.39, 0.29) is 12.5 Å². The molecule has 0 radical (unpaired) electrons. The minimum atomic E-state index is -0.518. The summed E-state index contributed by atoms with van der Waals surface area (Å²) in [6.45, 7) is 1.23. The van der Waals surface area contributed by atoms with Crippen molar-refractivity contribution >= 4 is 45.7 Å². The highest BCUT2D eigenvalue weighted by Gasteiger charge is 2.20. The van der Waals surface area contributed by atoms with Gasteiger partial charge in [-0.1, -0.05) is 42.6 Å². The molecule has 0 N–H and O–H groups in total. The van der Waals surface area contributed by atoms with Gasteiger partial charge in [0.1, 0.15) is 0 Å². The van der Waals surface area contributed by atoms with Gasteiger partial charge in [0.2, 0.25) is 0 Å². The molecule has 0 saturated carbocycles. The Morgan fingerprint density at radius 1 is 1.07 bits per heavy atom. The molecule has 150 valence electrons. The number of carbonyl (C=O) groups excluding carboxylic acids is 2. The van der Waals surface area contributed by atoms with Gasteiger partial charge in [0, 0.05) is 18.5 Å². The third kappa shape index (κ3) is 4.60. The first-order valence-electron chi connectivity index (χ1n) is 9.72. The number of halogens is 1. The first-order valence-corrected chi connectivity index (χ1v) is 10.9. The van der Waals surface area contributed by atoms with E-state index in [1.165, 1.54) is 11.3 Å². The van der Waals surface area contributed by atoms with Crippen LogP contribution in [0.4, 0.5) is 0 Å². The predicted molar refractivity (Wildman–Crippen MR) is 115 cm³/mol. The standard InChI is InChI=1S/C22H21ClN2O3S/c23-20-10-9-19(29-20)18-13-16(15-7-3-4-8-17(15)24-18)22(27)28-14-21(26)25-11-5-1-2-6-12-25/h3-4,7-10,13H,1-2,5-6,11-12,14H2. The van der Waals surface area contributed by atoms with Crippen LogP contribution in [-0.4, -0.2) is 41.5 Å². The second-order valence-electron chi connectivity index (χ2n) is 7.05. The van der Waals surface area contributed by atoms with Crippen LogP contribution in [0.3, 0.4) is 0 Å². The molecule has 1 aromatic carbocycles. The summed E-state index contributed by atoms with van der Waals surface area (Å²) in [5, 5.41) is 0.700. The molecule has 2 aromatic heterocycles. The van der Waals surface area contributed by atoms with Crippen LogP contribution in [0, 0.1) is 0 Å². The fraction of sp³-hybridized carbons (Fsp3) is 0.318. The van der Waals surface area contributed by atoms with Gasteiger partial charge >= 0.3 is 5.97 Å². The van der Waals surface area contributed by atoms with E-state index in [4.69, 9.17) is 16.3 Å². The van der Waals surface area contributed by atoms with Crippen molar-refractivity contribution in [1.82, 2.24) is 9.88 Å². The molecule has 1 amide bonds. The number of hydrogen-bond acceptors (Lipinski definition) is 5. The number of nitrogens with zero attached hydrogens (tertiary/aromatic N) is 2. The summed E-state index contributed by atoms with van der Waals surface area (Å²) in [5.74, 6) is -0.653. The SMILES string of the molecule is O=C(OCC(=O)N1CCCCCC1)c1cc(-c2ccc(Cl)s2)nc2ccccc12.